The van der Waals surface area contributed by atoms with Gasteiger partial charge in [0, 0.05) is 26.7 Å². The van der Waals surface area contributed by atoms with Crippen molar-refractivity contribution in [2.75, 3.05) is 20.8 Å². The molecule has 0 aromatic rings. The van der Waals surface area contributed by atoms with E-state index in [1.165, 1.54) is 14.2 Å². The lowest BCUT2D eigenvalue weighted by Crippen LogP contribution is -2.64. The summed E-state index contributed by atoms with van der Waals surface area (Å²) in [6.07, 6.45) is -0.384. The third-order valence-corrected chi connectivity index (χ3v) is 8.19. The van der Waals surface area contributed by atoms with Crippen LogP contribution in [0.2, 0.25) is 0 Å². The lowest BCUT2D eigenvalue weighted by molar-refractivity contribution is -0.229. The summed E-state index contributed by atoms with van der Waals surface area (Å²) in [5.41, 5.74) is -2.88. The summed E-state index contributed by atoms with van der Waals surface area (Å²) in [6, 6.07) is 0. The smallest absolute Gasteiger partial charge is 0.412 e. The molecule has 1 saturated heterocycles. The van der Waals surface area contributed by atoms with Crippen LogP contribution >= 0.6 is 31.9 Å². The minimum atomic E-state index is -2.13. The van der Waals surface area contributed by atoms with Crippen LogP contribution in [0.1, 0.15) is 27.2 Å². The second-order valence-electron chi connectivity index (χ2n) is 7.53. The third kappa shape index (κ3) is 1.68. The Morgan fingerprint density at radius 3 is 2.25 bits per heavy atom. The topological polar surface area (TPSA) is 85.3 Å². The Morgan fingerprint density at radius 2 is 1.83 bits per heavy atom. The van der Waals surface area contributed by atoms with Gasteiger partial charge in [0.1, 0.15) is 14.2 Å². The van der Waals surface area contributed by atoms with Crippen molar-refractivity contribution in [3.05, 3.63) is 0 Å². The van der Waals surface area contributed by atoms with Gasteiger partial charge in [-0.2, -0.15) is 0 Å². The molecule has 3 fully saturated rings. The maximum Gasteiger partial charge on any atom is 0.412 e. The zero-order valence-electron chi connectivity index (χ0n) is 14.2. The fourth-order valence-electron chi connectivity index (χ4n) is 4.46. The van der Waals surface area contributed by atoms with Crippen LogP contribution in [0.4, 0.5) is 4.79 Å². The molecule has 136 valence electrons. The Morgan fingerprint density at radius 1 is 1.29 bits per heavy atom. The van der Waals surface area contributed by atoms with Gasteiger partial charge in [0.15, 0.2) is 0 Å². The van der Waals surface area contributed by atoms with Gasteiger partial charge < -0.3 is 19.3 Å². The Kier molecular flexibility index (Phi) is 3.82. The van der Waals surface area contributed by atoms with Gasteiger partial charge in [-0.3, -0.25) is 9.69 Å². The molecule has 4 atom stereocenters. The first-order valence-corrected chi connectivity index (χ1v) is 9.20. The number of halogens is 2. The highest BCUT2D eigenvalue weighted by Crippen LogP contribution is 2.74. The van der Waals surface area contributed by atoms with Crippen molar-refractivity contribution >= 4 is 43.7 Å². The average Bonchev–Trinajstić information content (AvgIpc) is 2.81. The molecule has 0 aromatic carbocycles. The van der Waals surface area contributed by atoms with E-state index in [0.29, 0.717) is 6.42 Å². The van der Waals surface area contributed by atoms with Gasteiger partial charge in [0.05, 0.1) is 0 Å². The third-order valence-electron chi connectivity index (χ3n) is 5.26. The van der Waals surface area contributed by atoms with Crippen molar-refractivity contribution < 1.29 is 28.9 Å². The van der Waals surface area contributed by atoms with E-state index >= 15 is 0 Å². The Labute approximate surface area is 157 Å². The first-order chi connectivity index (χ1) is 10.9. The molecule has 0 aromatic heterocycles. The summed E-state index contributed by atoms with van der Waals surface area (Å²) in [5.74, 6) is -2.28. The van der Waals surface area contributed by atoms with Crippen molar-refractivity contribution in [3.63, 3.8) is 0 Å². The highest BCUT2D eigenvalue weighted by molar-refractivity contribution is 9.11. The number of ketones is 1. The van der Waals surface area contributed by atoms with E-state index < -0.39 is 37.6 Å². The molecule has 7 nitrogen and oxygen atoms in total. The fourth-order valence-corrected chi connectivity index (χ4v) is 7.39. The second kappa shape index (κ2) is 4.94. The molecule has 2 aliphatic carbocycles. The standard InChI is InChI=1S/C15H21Br2NO6/c1-11(2,3)24-10(20)18-7-8-6-12(16)9(19)14(18,21)13(8,17)15(12,22-4)23-5/h8,21H,6-7H2,1-5H3/t8-,12-,13+,14+/m1/s1. The molecule has 0 unspecified atom stereocenters. The Hall–Kier alpha value is -0.220. The van der Waals surface area contributed by atoms with Crippen molar-refractivity contribution in [2.24, 2.45) is 5.92 Å². The first kappa shape index (κ1) is 18.6. The van der Waals surface area contributed by atoms with E-state index in [1.54, 1.807) is 20.8 Å². The molecule has 1 N–H and O–H groups in total. The monoisotopic (exact) mass is 469 g/mol. The average molecular weight is 471 g/mol. The summed E-state index contributed by atoms with van der Waals surface area (Å²) in [4.78, 5) is 26.9. The van der Waals surface area contributed by atoms with Crippen molar-refractivity contribution in [2.45, 2.75) is 53.0 Å². The van der Waals surface area contributed by atoms with Crippen LogP contribution in [-0.2, 0) is 19.0 Å². The van der Waals surface area contributed by atoms with Crippen LogP contribution in [0, 0.1) is 5.92 Å². The highest BCUT2D eigenvalue weighted by Gasteiger charge is 2.94. The number of hydrogen-bond donors (Lipinski definition) is 1. The quantitative estimate of drug-likeness (QED) is 0.489. The molecule has 3 aliphatic rings. The number of alkyl halides is 2. The molecule has 24 heavy (non-hydrogen) atoms. The predicted octanol–water partition coefficient (Wildman–Crippen LogP) is 1.78. The SMILES string of the molecule is COC1(OC)[C@@]2(Br)C[C@@H]3CN(C(=O)OC(C)(C)C)[C@](O)(C2=O)[C@@]31Br. The van der Waals surface area contributed by atoms with Crippen LogP contribution in [-0.4, -0.2) is 68.4 Å². The lowest BCUT2D eigenvalue weighted by atomic mass is 9.85. The Bertz CT molecular complexity index is 618. The summed E-state index contributed by atoms with van der Waals surface area (Å²) in [5, 5.41) is 11.4. The van der Waals surface area contributed by atoms with E-state index in [9.17, 15) is 14.7 Å². The first-order valence-electron chi connectivity index (χ1n) is 7.61. The molecular weight excluding hydrogens is 450 g/mol. The fraction of sp³-hybridized carbons (Fsp3) is 0.867. The molecule has 1 amide bonds. The van der Waals surface area contributed by atoms with Crippen LogP contribution in [0.5, 0.6) is 0 Å². The van der Waals surface area contributed by atoms with Gasteiger partial charge in [-0.1, -0.05) is 31.9 Å². The minimum absolute atomic E-state index is 0.157. The van der Waals surface area contributed by atoms with Gasteiger partial charge in [0.2, 0.25) is 17.3 Å². The van der Waals surface area contributed by atoms with Gasteiger partial charge in [0.25, 0.3) is 0 Å². The van der Waals surface area contributed by atoms with Crippen molar-refractivity contribution in [3.8, 4) is 0 Å². The molecule has 2 saturated carbocycles. The number of Topliss-reactive ketones (excluding diaryl/α,β-unsaturated/α-hetero) is 1. The summed E-state index contributed by atoms with van der Waals surface area (Å²) in [6.45, 7) is 5.33. The number of likely N-dealkylation sites (tertiary alicyclic amines) is 1. The predicted molar refractivity (Wildman–Crippen MR) is 91.1 cm³/mol. The molecule has 2 bridgehead atoms. The number of amides is 1. The molecule has 0 radical (unpaired) electrons. The Balaban J connectivity index is 2.13. The zero-order chi connectivity index (χ0) is 18.3. The number of rotatable bonds is 2. The summed E-state index contributed by atoms with van der Waals surface area (Å²) < 4.78 is 14.0. The number of aliphatic hydroxyl groups is 1. The van der Waals surface area contributed by atoms with Crippen LogP contribution in [0.3, 0.4) is 0 Å². The van der Waals surface area contributed by atoms with E-state index in [1.807, 2.05) is 0 Å². The number of nitrogens with zero attached hydrogens (tertiary/aromatic N) is 1. The molecule has 9 heteroatoms. The van der Waals surface area contributed by atoms with E-state index in [-0.39, 0.29) is 12.5 Å². The summed E-state index contributed by atoms with van der Waals surface area (Å²) in [7, 11) is 2.83. The van der Waals surface area contributed by atoms with Gasteiger partial charge in [-0.05, 0) is 27.2 Å². The number of methoxy groups -OCH3 is 2. The van der Waals surface area contributed by atoms with Crippen LogP contribution in [0.15, 0.2) is 0 Å². The van der Waals surface area contributed by atoms with E-state index in [2.05, 4.69) is 31.9 Å². The number of fused-ring (bicyclic) bond motifs is 1. The minimum Gasteiger partial charge on any atom is -0.444 e. The highest BCUT2D eigenvalue weighted by atomic mass is 79.9. The number of hydrogen-bond acceptors (Lipinski definition) is 6. The molecule has 0 spiro atoms. The summed E-state index contributed by atoms with van der Waals surface area (Å²) >= 11 is 7.00. The normalized spacial score (nSPS) is 42.8. The van der Waals surface area contributed by atoms with Gasteiger partial charge in [-0.15, -0.1) is 0 Å². The van der Waals surface area contributed by atoms with Crippen molar-refractivity contribution in [1.29, 1.82) is 0 Å². The van der Waals surface area contributed by atoms with Crippen LogP contribution in [0.25, 0.3) is 0 Å². The van der Waals surface area contributed by atoms with Gasteiger partial charge >= 0.3 is 6.09 Å². The van der Waals surface area contributed by atoms with E-state index in [0.717, 1.165) is 4.90 Å². The maximum absolute atomic E-state index is 13.2. The van der Waals surface area contributed by atoms with Crippen molar-refractivity contribution in [1.82, 2.24) is 4.90 Å². The molecular formula is C15H21Br2NO6. The number of carbonyl (C=O) groups is 2. The molecule has 1 heterocycles. The maximum atomic E-state index is 13.2. The largest absolute Gasteiger partial charge is 0.444 e. The molecule has 1 aliphatic heterocycles. The zero-order valence-corrected chi connectivity index (χ0v) is 17.4. The molecule has 3 rings (SSSR count). The van der Waals surface area contributed by atoms with Gasteiger partial charge in [-0.25, -0.2) is 4.79 Å². The lowest BCUT2D eigenvalue weighted by Gasteiger charge is -2.42. The van der Waals surface area contributed by atoms with E-state index in [4.69, 9.17) is 14.2 Å². The number of ether oxygens (including phenoxy) is 3. The number of carbonyl (C=O) groups excluding carboxylic acids is 2. The van der Waals surface area contributed by atoms with Crippen LogP contribution < -0.4 is 0 Å². The second-order valence-corrected chi connectivity index (χ2v) is 10.1.